The lowest BCUT2D eigenvalue weighted by Crippen LogP contribution is -2.07. The molecule has 23 heavy (non-hydrogen) atoms. The first kappa shape index (κ1) is 13.3. The summed E-state index contributed by atoms with van der Waals surface area (Å²) in [5.74, 6) is 0.856. The van der Waals surface area contributed by atoms with Crippen LogP contribution in [0.15, 0.2) is 66.0 Å². The average molecular weight is 304 g/mol. The van der Waals surface area contributed by atoms with E-state index < -0.39 is 0 Å². The molecule has 0 amide bonds. The number of fused-ring (bicyclic) bond motifs is 1. The maximum atomic E-state index is 12.3. The van der Waals surface area contributed by atoms with Gasteiger partial charge in [0.25, 0.3) is 5.56 Å². The van der Waals surface area contributed by atoms with Crippen molar-refractivity contribution < 1.29 is 5.11 Å². The van der Waals surface area contributed by atoms with Gasteiger partial charge in [0, 0.05) is 18.0 Å². The monoisotopic (exact) mass is 304 g/mol. The van der Waals surface area contributed by atoms with Crippen molar-refractivity contribution in [3.8, 4) is 22.7 Å². The molecule has 0 aliphatic carbocycles. The van der Waals surface area contributed by atoms with Crippen LogP contribution < -0.4 is 5.56 Å². The molecule has 0 aliphatic rings. The van der Waals surface area contributed by atoms with Gasteiger partial charge in [0.2, 0.25) is 0 Å². The Balaban J connectivity index is 2.06. The molecule has 0 saturated carbocycles. The molecule has 0 radical (unpaired) electrons. The van der Waals surface area contributed by atoms with Crippen molar-refractivity contribution in [2.75, 3.05) is 0 Å². The topological polar surface area (TPSA) is 83.8 Å². The molecule has 4 rings (SSSR count). The van der Waals surface area contributed by atoms with Gasteiger partial charge in [0.15, 0.2) is 5.65 Å². The number of aromatic amines is 1. The Kier molecular flexibility index (Phi) is 2.94. The van der Waals surface area contributed by atoms with Crippen molar-refractivity contribution in [3.63, 3.8) is 0 Å². The van der Waals surface area contributed by atoms with Crippen molar-refractivity contribution >= 4 is 11.0 Å². The van der Waals surface area contributed by atoms with Crippen LogP contribution in [0.25, 0.3) is 28.0 Å². The summed E-state index contributed by atoms with van der Waals surface area (Å²) >= 11 is 0. The number of benzene rings is 1. The third kappa shape index (κ3) is 2.17. The van der Waals surface area contributed by atoms with Gasteiger partial charge in [-0.15, -0.1) is 0 Å². The van der Waals surface area contributed by atoms with Gasteiger partial charge in [-0.05, 0) is 29.8 Å². The van der Waals surface area contributed by atoms with Crippen LogP contribution in [0.1, 0.15) is 0 Å². The minimum atomic E-state index is -0.215. The third-order valence-electron chi connectivity index (χ3n) is 3.66. The molecule has 4 aromatic rings. The van der Waals surface area contributed by atoms with E-state index in [-0.39, 0.29) is 11.3 Å². The number of rotatable bonds is 2. The SMILES string of the molecule is O=c1[nH]cnc2c1c(-c1ccc(O)cc1)cn2-c1ccccn1. The minimum absolute atomic E-state index is 0.175. The van der Waals surface area contributed by atoms with Crippen molar-refractivity contribution in [3.05, 3.63) is 71.5 Å². The summed E-state index contributed by atoms with van der Waals surface area (Å²) in [6.07, 6.45) is 4.90. The molecule has 0 bridgehead atoms. The summed E-state index contributed by atoms with van der Waals surface area (Å²) in [4.78, 5) is 23.5. The number of phenols is 1. The summed E-state index contributed by atoms with van der Waals surface area (Å²) in [7, 11) is 0. The Bertz CT molecular complexity index is 1030. The lowest BCUT2D eigenvalue weighted by atomic mass is 10.1. The van der Waals surface area contributed by atoms with Crippen molar-refractivity contribution in [1.82, 2.24) is 19.5 Å². The van der Waals surface area contributed by atoms with Gasteiger partial charge in [-0.2, -0.15) is 0 Å². The van der Waals surface area contributed by atoms with E-state index in [1.165, 1.54) is 6.33 Å². The van der Waals surface area contributed by atoms with E-state index in [1.807, 2.05) is 24.4 Å². The Morgan fingerprint density at radius 2 is 1.87 bits per heavy atom. The van der Waals surface area contributed by atoms with Crippen molar-refractivity contribution in [1.29, 1.82) is 0 Å². The largest absolute Gasteiger partial charge is 0.508 e. The molecule has 0 atom stereocenters. The van der Waals surface area contributed by atoms with Gasteiger partial charge in [0.1, 0.15) is 11.6 Å². The molecule has 6 nitrogen and oxygen atoms in total. The summed E-state index contributed by atoms with van der Waals surface area (Å²) in [5.41, 5.74) is 1.88. The fraction of sp³-hybridized carbons (Fsp3) is 0. The Morgan fingerprint density at radius 3 is 2.61 bits per heavy atom. The highest BCUT2D eigenvalue weighted by Crippen LogP contribution is 2.29. The van der Waals surface area contributed by atoms with E-state index in [2.05, 4.69) is 15.0 Å². The first-order chi connectivity index (χ1) is 11.2. The van der Waals surface area contributed by atoms with Crippen LogP contribution in [-0.2, 0) is 0 Å². The molecular weight excluding hydrogens is 292 g/mol. The fourth-order valence-electron chi connectivity index (χ4n) is 2.60. The molecule has 0 saturated heterocycles. The van der Waals surface area contributed by atoms with Crippen LogP contribution in [-0.4, -0.2) is 24.6 Å². The summed E-state index contributed by atoms with van der Waals surface area (Å²) in [6.45, 7) is 0. The first-order valence-electron chi connectivity index (χ1n) is 7.03. The zero-order chi connectivity index (χ0) is 15.8. The van der Waals surface area contributed by atoms with Crippen molar-refractivity contribution in [2.24, 2.45) is 0 Å². The quantitative estimate of drug-likeness (QED) is 0.596. The van der Waals surface area contributed by atoms with E-state index in [0.717, 1.165) is 11.1 Å². The summed E-state index contributed by atoms with van der Waals surface area (Å²) < 4.78 is 1.78. The maximum absolute atomic E-state index is 12.3. The van der Waals surface area contributed by atoms with Gasteiger partial charge in [0.05, 0.1) is 11.7 Å². The van der Waals surface area contributed by atoms with E-state index in [1.54, 1.807) is 35.0 Å². The summed E-state index contributed by atoms with van der Waals surface area (Å²) in [5, 5.41) is 9.95. The van der Waals surface area contributed by atoms with E-state index in [4.69, 9.17) is 0 Å². The van der Waals surface area contributed by atoms with Gasteiger partial charge in [-0.3, -0.25) is 9.36 Å². The highest BCUT2D eigenvalue weighted by atomic mass is 16.3. The number of pyridine rings is 1. The predicted molar refractivity (Wildman–Crippen MR) is 86.6 cm³/mol. The molecule has 1 aromatic carbocycles. The Hall–Kier alpha value is -3.41. The van der Waals surface area contributed by atoms with Crippen molar-refractivity contribution in [2.45, 2.75) is 0 Å². The van der Waals surface area contributed by atoms with Crippen LogP contribution in [0.2, 0.25) is 0 Å². The van der Waals surface area contributed by atoms with Gasteiger partial charge < -0.3 is 10.1 Å². The van der Waals surface area contributed by atoms with Crippen LogP contribution in [0.3, 0.4) is 0 Å². The highest BCUT2D eigenvalue weighted by molar-refractivity contribution is 5.94. The standard InChI is InChI=1S/C17H12N4O2/c22-12-6-4-11(5-7-12)13-9-21(14-3-1-2-8-18-14)16-15(13)17(23)20-10-19-16/h1-10,22H,(H,19,20,23). The number of aromatic hydroxyl groups is 1. The molecule has 0 unspecified atom stereocenters. The molecule has 3 aromatic heterocycles. The van der Waals surface area contributed by atoms with Crippen LogP contribution in [0.5, 0.6) is 5.75 Å². The molecule has 0 aliphatic heterocycles. The smallest absolute Gasteiger partial charge is 0.260 e. The molecule has 2 N–H and O–H groups in total. The molecule has 0 spiro atoms. The molecule has 3 heterocycles. The number of nitrogens with zero attached hydrogens (tertiary/aromatic N) is 3. The average Bonchev–Trinajstić information content (AvgIpc) is 2.97. The van der Waals surface area contributed by atoms with E-state index in [9.17, 15) is 9.90 Å². The number of hydrogen-bond donors (Lipinski definition) is 2. The number of phenolic OH excluding ortho intramolecular Hbond substituents is 1. The Labute approximate surface area is 130 Å². The second-order valence-electron chi connectivity index (χ2n) is 5.08. The zero-order valence-corrected chi connectivity index (χ0v) is 12.0. The van der Waals surface area contributed by atoms with Crippen LogP contribution in [0, 0.1) is 0 Å². The minimum Gasteiger partial charge on any atom is -0.508 e. The second kappa shape index (κ2) is 5.10. The van der Waals surface area contributed by atoms with Crippen LogP contribution in [0.4, 0.5) is 0 Å². The van der Waals surface area contributed by atoms with Crippen LogP contribution >= 0.6 is 0 Å². The Morgan fingerprint density at radius 1 is 1.04 bits per heavy atom. The molecular formula is C17H12N4O2. The molecule has 6 heteroatoms. The second-order valence-corrected chi connectivity index (χ2v) is 5.08. The number of aromatic nitrogens is 4. The van der Waals surface area contributed by atoms with Gasteiger partial charge >= 0.3 is 0 Å². The van der Waals surface area contributed by atoms with Gasteiger partial charge in [-0.1, -0.05) is 18.2 Å². The lowest BCUT2D eigenvalue weighted by molar-refractivity contribution is 0.475. The summed E-state index contributed by atoms with van der Waals surface area (Å²) in [6, 6.07) is 12.3. The highest BCUT2D eigenvalue weighted by Gasteiger charge is 2.16. The number of H-pyrrole nitrogens is 1. The fourth-order valence-corrected chi connectivity index (χ4v) is 2.60. The van der Waals surface area contributed by atoms with Gasteiger partial charge in [-0.25, -0.2) is 9.97 Å². The van der Waals surface area contributed by atoms with E-state index >= 15 is 0 Å². The number of hydrogen-bond acceptors (Lipinski definition) is 4. The number of nitrogens with one attached hydrogen (secondary N) is 1. The third-order valence-corrected chi connectivity index (χ3v) is 3.66. The maximum Gasteiger partial charge on any atom is 0.260 e. The first-order valence-corrected chi connectivity index (χ1v) is 7.03. The zero-order valence-electron chi connectivity index (χ0n) is 12.0. The lowest BCUT2D eigenvalue weighted by Gasteiger charge is -2.01. The normalized spacial score (nSPS) is 11.0. The van der Waals surface area contributed by atoms with E-state index in [0.29, 0.717) is 16.9 Å². The predicted octanol–water partition coefficient (Wildman–Crippen LogP) is 2.48. The molecule has 0 fully saturated rings. The molecule has 112 valence electrons.